The number of carbonyl (C=O) groups is 1. The lowest BCUT2D eigenvalue weighted by Gasteiger charge is -2.46. The second-order valence-corrected chi connectivity index (χ2v) is 8.66. The summed E-state index contributed by atoms with van der Waals surface area (Å²) in [4.78, 5) is 10.7. The number of aliphatic carboxylic acids is 1. The minimum atomic E-state index is -9.67. The molecule has 2 nitrogen and oxygen atoms in total. The molecule has 45 heavy (non-hydrogen) atoms. The van der Waals surface area contributed by atoms with Crippen LogP contribution in [-0.4, -0.2) is 82.4 Å². The first kappa shape index (κ1) is 42.5. The van der Waals surface area contributed by atoms with Gasteiger partial charge in [0.05, 0.1) is 5.92 Å². The van der Waals surface area contributed by atoms with Gasteiger partial charge in [-0.25, -0.2) is 4.79 Å². The van der Waals surface area contributed by atoms with Gasteiger partial charge >= 0.3 is 77.3 Å². The molecule has 1 atom stereocenters. The maximum Gasteiger partial charge on any atom is 0.460 e. The van der Waals surface area contributed by atoms with Crippen LogP contribution in [0.1, 0.15) is 13.3 Å². The van der Waals surface area contributed by atoms with Crippen molar-refractivity contribution in [2.75, 3.05) is 0 Å². The number of rotatable bonds is 14. The largest absolute Gasteiger partial charge is 0.478 e. The van der Waals surface area contributed by atoms with E-state index in [1.165, 1.54) is 0 Å². The molecule has 0 spiro atoms. The quantitative estimate of drug-likeness (QED) is 0.143. The van der Waals surface area contributed by atoms with Gasteiger partial charge in [-0.2, -0.15) is 110 Å². The molecule has 0 aliphatic carbocycles. The van der Waals surface area contributed by atoms with Crippen LogP contribution < -0.4 is 0 Å². The molecule has 0 aromatic carbocycles. The summed E-state index contributed by atoms with van der Waals surface area (Å²) in [6.07, 6.45) is -10.1. The van der Waals surface area contributed by atoms with E-state index in [2.05, 4.69) is 6.58 Å². The molecule has 0 saturated heterocycles. The van der Waals surface area contributed by atoms with E-state index in [4.69, 9.17) is 5.11 Å². The average molecular weight is 732 g/mol. The van der Waals surface area contributed by atoms with Crippen molar-refractivity contribution in [1.29, 1.82) is 0 Å². The third-order valence-corrected chi connectivity index (χ3v) is 5.86. The Balaban J connectivity index is 7.48. The van der Waals surface area contributed by atoms with Crippen LogP contribution in [0.15, 0.2) is 12.2 Å². The first-order valence-corrected chi connectivity index (χ1v) is 10.2. The number of hydrogen-bond donors (Lipinski definition) is 1. The molecule has 0 saturated carbocycles. The van der Waals surface area contributed by atoms with Crippen LogP contribution in [0.25, 0.3) is 0 Å². The Bertz CT molecular complexity index is 1130. The molecule has 1 N–H and O–H groups in total. The topological polar surface area (TPSA) is 37.3 Å². The zero-order chi connectivity index (χ0) is 37.4. The molecular weight excluding hydrogens is 723 g/mol. The van der Waals surface area contributed by atoms with Gasteiger partial charge in [0.25, 0.3) is 0 Å². The highest BCUT2D eigenvalue weighted by Crippen LogP contribution is 2.68. The molecule has 0 aliphatic rings. The monoisotopic (exact) mass is 732 g/mol. The van der Waals surface area contributed by atoms with Crippen LogP contribution >= 0.6 is 0 Å². The highest BCUT2D eigenvalue weighted by atomic mass is 19.4. The number of carboxylic acid groups (broad SMARTS) is 1. The van der Waals surface area contributed by atoms with Crippen molar-refractivity contribution in [1.82, 2.24) is 0 Å². The van der Waals surface area contributed by atoms with E-state index >= 15 is 0 Å². The second-order valence-electron chi connectivity index (χ2n) is 8.66. The molecule has 0 radical (unpaired) electrons. The third-order valence-electron chi connectivity index (χ3n) is 5.86. The van der Waals surface area contributed by atoms with Crippen molar-refractivity contribution in [2.45, 2.75) is 84.7 Å². The Labute approximate surface area is 229 Å². The van der Waals surface area contributed by atoms with E-state index in [0.29, 0.717) is 0 Å². The van der Waals surface area contributed by atoms with Crippen molar-refractivity contribution in [2.24, 2.45) is 5.92 Å². The first-order chi connectivity index (χ1) is 19.1. The number of hydrogen-bond acceptors (Lipinski definition) is 1. The summed E-state index contributed by atoms with van der Waals surface area (Å²) >= 11 is 0. The summed E-state index contributed by atoms with van der Waals surface area (Å²) in [5, 5.41) is 8.48. The highest BCUT2D eigenvalue weighted by molar-refractivity contribution is 5.86. The standard InChI is InChI=1S/C18H9F25O2/c1-3-5(4(2)6(44)45)7(19,20)8(21,22)9(23,24)10(25,26)11(27,28)12(29,30)13(31,32)14(33,34)15(35,36)16(37,38)17(39,40)18(41,42)43/h5H,2-3H2,1H3,(H,44,45). The van der Waals surface area contributed by atoms with Crippen LogP contribution in [0.4, 0.5) is 110 Å². The molecule has 0 amide bonds. The zero-order valence-corrected chi connectivity index (χ0v) is 20.3. The van der Waals surface area contributed by atoms with Gasteiger partial charge in [0, 0.05) is 5.57 Å². The summed E-state index contributed by atoms with van der Waals surface area (Å²) in [6.45, 7) is 2.28. The fourth-order valence-electron chi connectivity index (χ4n) is 3.05. The summed E-state index contributed by atoms with van der Waals surface area (Å²) in [7, 11) is 0. The Morgan fingerprint density at radius 1 is 0.467 bits per heavy atom. The molecule has 0 aromatic heterocycles. The lowest BCUT2D eigenvalue weighted by molar-refractivity contribution is -0.482. The predicted octanol–water partition coefficient (Wildman–Crippen LogP) is 9.20. The van der Waals surface area contributed by atoms with E-state index in [1.807, 2.05) is 0 Å². The van der Waals surface area contributed by atoms with Crippen molar-refractivity contribution in [3.63, 3.8) is 0 Å². The van der Waals surface area contributed by atoms with Crippen LogP contribution in [0.5, 0.6) is 0 Å². The van der Waals surface area contributed by atoms with E-state index in [1.54, 1.807) is 0 Å². The van der Waals surface area contributed by atoms with E-state index in [-0.39, 0.29) is 6.92 Å². The maximum absolute atomic E-state index is 14.2. The molecule has 27 heteroatoms. The Morgan fingerprint density at radius 3 is 0.844 bits per heavy atom. The third kappa shape index (κ3) is 5.10. The smallest absolute Gasteiger partial charge is 0.460 e. The van der Waals surface area contributed by atoms with Crippen LogP contribution in [-0.2, 0) is 4.79 Å². The van der Waals surface area contributed by atoms with Crippen molar-refractivity contribution >= 4 is 5.97 Å². The van der Waals surface area contributed by atoms with E-state index in [0.717, 1.165) is 0 Å². The normalized spacial score (nSPS) is 16.9. The van der Waals surface area contributed by atoms with Gasteiger partial charge < -0.3 is 5.11 Å². The lowest BCUT2D eigenvalue weighted by Crippen LogP contribution is -2.78. The minimum Gasteiger partial charge on any atom is -0.478 e. The SMILES string of the molecule is C=C(C(=O)O)C(CC)C(F)(F)C(F)(F)C(F)(F)C(F)(F)C(F)(F)C(F)(F)C(F)(F)C(F)(F)C(F)(F)C(F)(F)C(F)(F)C(F)(F)F. The highest BCUT2D eigenvalue weighted by Gasteiger charge is 2.99. The van der Waals surface area contributed by atoms with Crippen molar-refractivity contribution in [3.8, 4) is 0 Å². The minimum absolute atomic E-state index is 0.155. The fourth-order valence-corrected chi connectivity index (χ4v) is 3.05. The average Bonchev–Trinajstić information content (AvgIpc) is 2.81. The molecule has 0 heterocycles. The predicted molar refractivity (Wildman–Crippen MR) is 91.0 cm³/mol. The van der Waals surface area contributed by atoms with Crippen LogP contribution in [0.2, 0.25) is 0 Å². The van der Waals surface area contributed by atoms with Crippen LogP contribution in [0, 0.1) is 5.92 Å². The Hall–Kier alpha value is -2.54. The number of carboxylic acids is 1. The van der Waals surface area contributed by atoms with Crippen molar-refractivity contribution in [3.05, 3.63) is 12.2 Å². The van der Waals surface area contributed by atoms with Gasteiger partial charge in [-0.1, -0.05) is 13.5 Å². The van der Waals surface area contributed by atoms with Crippen LogP contribution in [0.3, 0.4) is 0 Å². The molecule has 0 fully saturated rings. The van der Waals surface area contributed by atoms with Gasteiger partial charge in [0.15, 0.2) is 0 Å². The summed E-state index contributed by atoms with van der Waals surface area (Å²) in [5.74, 6) is -107. The van der Waals surface area contributed by atoms with E-state index < -0.39 is 95.2 Å². The summed E-state index contributed by atoms with van der Waals surface area (Å²) < 4.78 is 337. The summed E-state index contributed by atoms with van der Waals surface area (Å²) in [5.41, 5.74) is -2.33. The van der Waals surface area contributed by atoms with Gasteiger partial charge in [-0.15, -0.1) is 0 Å². The lowest BCUT2D eigenvalue weighted by atomic mass is 9.80. The molecule has 0 aliphatic heterocycles. The van der Waals surface area contributed by atoms with Crippen molar-refractivity contribution < 1.29 is 120 Å². The maximum atomic E-state index is 14.2. The molecule has 0 bridgehead atoms. The molecular formula is C18H9F25O2. The molecule has 0 rings (SSSR count). The molecule has 268 valence electrons. The first-order valence-electron chi connectivity index (χ1n) is 10.2. The van der Waals surface area contributed by atoms with Gasteiger partial charge in [0.2, 0.25) is 0 Å². The number of alkyl halides is 25. The zero-order valence-electron chi connectivity index (χ0n) is 20.3. The Morgan fingerprint density at radius 2 is 0.667 bits per heavy atom. The molecule has 1 unspecified atom stereocenters. The van der Waals surface area contributed by atoms with Gasteiger partial charge in [-0.3, -0.25) is 0 Å². The second kappa shape index (κ2) is 10.7. The van der Waals surface area contributed by atoms with Gasteiger partial charge in [0.1, 0.15) is 0 Å². The molecule has 0 aromatic rings. The summed E-state index contributed by atoms with van der Waals surface area (Å²) in [6, 6.07) is 0. The van der Waals surface area contributed by atoms with Gasteiger partial charge in [-0.05, 0) is 6.42 Å². The number of halogens is 25. The Kier molecular flexibility index (Phi) is 10.1. The van der Waals surface area contributed by atoms with E-state index in [9.17, 15) is 115 Å². The fraction of sp³-hybridized carbons (Fsp3) is 0.833.